The van der Waals surface area contributed by atoms with Crippen molar-refractivity contribution in [2.24, 2.45) is 0 Å². The number of ether oxygens (including phenoxy) is 1. The first-order valence-corrected chi connectivity index (χ1v) is 9.03. The summed E-state index contributed by atoms with van der Waals surface area (Å²) < 4.78 is 18.6. The number of carbonyl (C=O) groups excluding carboxylic acids is 1. The summed E-state index contributed by atoms with van der Waals surface area (Å²) in [4.78, 5) is 12.1. The Labute approximate surface area is 158 Å². The van der Waals surface area contributed by atoms with E-state index >= 15 is 0 Å². The Kier molecular flexibility index (Phi) is 6.26. The number of carbonyl (C=O) groups is 1. The summed E-state index contributed by atoms with van der Waals surface area (Å²) in [5, 5.41) is 6.07. The standard InChI is InChI=1S/C22H23FN2O2/c1-2-27-21-10-7-17(8-11-21)18-6-9-20(24-15-18)13-22(26)25-14-16-4-3-5-19(23)12-16/h3-12,15,20,24H,2,13-14H2,1H3,(H,25,26). The van der Waals surface area contributed by atoms with Crippen LogP contribution in [-0.2, 0) is 11.3 Å². The average Bonchev–Trinajstić information content (AvgIpc) is 2.68. The number of benzene rings is 2. The van der Waals surface area contributed by atoms with Crippen molar-refractivity contribution in [1.29, 1.82) is 0 Å². The van der Waals surface area contributed by atoms with Crippen LogP contribution in [0.25, 0.3) is 5.57 Å². The number of dihydropyridines is 1. The first-order chi connectivity index (χ1) is 13.1. The zero-order valence-electron chi connectivity index (χ0n) is 15.2. The number of amides is 1. The van der Waals surface area contributed by atoms with Crippen molar-refractivity contribution in [1.82, 2.24) is 10.6 Å². The van der Waals surface area contributed by atoms with E-state index in [-0.39, 0.29) is 17.8 Å². The molecule has 0 fully saturated rings. The maximum atomic E-state index is 13.2. The molecule has 2 aromatic carbocycles. The largest absolute Gasteiger partial charge is 0.494 e. The minimum atomic E-state index is -0.300. The number of halogens is 1. The molecule has 0 radical (unpaired) electrons. The second kappa shape index (κ2) is 9.03. The number of hydrogen-bond donors (Lipinski definition) is 2. The highest BCUT2D eigenvalue weighted by atomic mass is 19.1. The van der Waals surface area contributed by atoms with Crippen LogP contribution in [0.5, 0.6) is 5.75 Å². The number of nitrogens with one attached hydrogen (secondary N) is 2. The zero-order valence-corrected chi connectivity index (χ0v) is 15.2. The monoisotopic (exact) mass is 366 g/mol. The molecule has 0 saturated heterocycles. The van der Waals surface area contributed by atoms with Crippen LogP contribution in [0.15, 0.2) is 66.9 Å². The van der Waals surface area contributed by atoms with E-state index in [2.05, 4.69) is 10.6 Å². The Morgan fingerprint density at radius 3 is 2.70 bits per heavy atom. The second-order valence-corrected chi connectivity index (χ2v) is 6.30. The van der Waals surface area contributed by atoms with E-state index in [0.29, 0.717) is 19.6 Å². The number of allylic oxidation sites excluding steroid dienone is 2. The molecule has 0 aliphatic carbocycles. The maximum absolute atomic E-state index is 13.2. The highest BCUT2D eigenvalue weighted by molar-refractivity contribution is 5.79. The highest BCUT2D eigenvalue weighted by Gasteiger charge is 2.13. The fourth-order valence-electron chi connectivity index (χ4n) is 2.86. The first-order valence-electron chi connectivity index (χ1n) is 9.03. The molecule has 1 unspecified atom stereocenters. The summed E-state index contributed by atoms with van der Waals surface area (Å²) in [7, 11) is 0. The molecule has 2 N–H and O–H groups in total. The molecule has 1 amide bonds. The van der Waals surface area contributed by atoms with Gasteiger partial charge in [-0.1, -0.05) is 36.4 Å². The molecule has 1 aliphatic heterocycles. The summed E-state index contributed by atoms with van der Waals surface area (Å²) in [5.74, 6) is 0.465. The van der Waals surface area contributed by atoms with E-state index in [9.17, 15) is 9.18 Å². The Hall–Kier alpha value is -3.08. The van der Waals surface area contributed by atoms with Crippen LogP contribution in [0.2, 0.25) is 0 Å². The summed E-state index contributed by atoms with van der Waals surface area (Å²) in [6.45, 7) is 2.92. The Bertz CT molecular complexity index is 844. The summed E-state index contributed by atoms with van der Waals surface area (Å²) in [6.07, 6.45) is 6.23. The van der Waals surface area contributed by atoms with Crippen molar-refractivity contribution >= 4 is 11.5 Å². The van der Waals surface area contributed by atoms with Gasteiger partial charge in [0.2, 0.25) is 5.91 Å². The van der Waals surface area contributed by atoms with Crippen LogP contribution in [0.4, 0.5) is 4.39 Å². The van der Waals surface area contributed by atoms with Crippen LogP contribution in [0.3, 0.4) is 0 Å². The van der Waals surface area contributed by atoms with Gasteiger partial charge in [0.1, 0.15) is 11.6 Å². The van der Waals surface area contributed by atoms with E-state index in [4.69, 9.17) is 4.74 Å². The lowest BCUT2D eigenvalue weighted by atomic mass is 10.0. The van der Waals surface area contributed by atoms with Gasteiger partial charge in [0.05, 0.1) is 19.1 Å². The molecular formula is C22H23FN2O2. The molecule has 2 aromatic rings. The SMILES string of the molecule is CCOc1ccc(C2=CNC(CC(=O)NCc3cccc(F)c3)C=C2)cc1. The van der Waals surface area contributed by atoms with Gasteiger partial charge in [-0.2, -0.15) is 0 Å². The lowest BCUT2D eigenvalue weighted by Gasteiger charge is -2.19. The number of rotatable bonds is 7. The Morgan fingerprint density at radius 1 is 1.22 bits per heavy atom. The second-order valence-electron chi connectivity index (χ2n) is 6.30. The van der Waals surface area contributed by atoms with Gasteiger partial charge in [-0.25, -0.2) is 4.39 Å². The Balaban J connectivity index is 1.48. The van der Waals surface area contributed by atoms with E-state index in [1.54, 1.807) is 12.1 Å². The molecular weight excluding hydrogens is 343 g/mol. The fourth-order valence-corrected chi connectivity index (χ4v) is 2.86. The van der Waals surface area contributed by atoms with Crippen LogP contribution >= 0.6 is 0 Å². The maximum Gasteiger partial charge on any atom is 0.222 e. The Morgan fingerprint density at radius 2 is 2.04 bits per heavy atom. The van der Waals surface area contributed by atoms with Crippen molar-refractivity contribution < 1.29 is 13.9 Å². The molecule has 27 heavy (non-hydrogen) atoms. The third kappa shape index (κ3) is 5.45. The molecule has 140 valence electrons. The van der Waals surface area contributed by atoms with Gasteiger partial charge in [0.15, 0.2) is 0 Å². The normalized spacial score (nSPS) is 15.6. The van der Waals surface area contributed by atoms with Gasteiger partial charge >= 0.3 is 0 Å². The lowest BCUT2D eigenvalue weighted by Crippen LogP contribution is -2.33. The third-order valence-electron chi connectivity index (χ3n) is 4.24. The quantitative estimate of drug-likeness (QED) is 0.784. The van der Waals surface area contributed by atoms with Gasteiger partial charge in [-0.15, -0.1) is 0 Å². The fraction of sp³-hybridized carbons (Fsp3) is 0.227. The van der Waals surface area contributed by atoms with Crippen molar-refractivity contribution in [3.05, 3.63) is 83.8 Å². The predicted molar refractivity (Wildman–Crippen MR) is 105 cm³/mol. The van der Waals surface area contributed by atoms with Crippen LogP contribution in [0, 0.1) is 5.82 Å². The molecule has 0 bridgehead atoms. The van der Waals surface area contributed by atoms with E-state index in [0.717, 1.165) is 22.4 Å². The van der Waals surface area contributed by atoms with E-state index < -0.39 is 0 Å². The van der Waals surface area contributed by atoms with Crippen molar-refractivity contribution in [2.75, 3.05) is 6.61 Å². The first kappa shape index (κ1) is 18.7. The summed E-state index contributed by atoms with van der Waals surface area (Å²) >= 11 is 0. The minimum absolute atomic E-state index is 0.0658. The molecule has 1 atom stereocenters. The predicted octanol–water partition coefficient (Wildman–Crippen LogP) is 3.80. The van der Waals surface area contributed by atoms with Gasteiger partial charge < -0.3 is 15.4 Å². The van der Waals surface area contributed by atoms with Crippen molar-refractivity contribution in [3.8, 4) is 5.75 Å². The highest BCUT2D eigenvalue weighted by Crippen LogP contribution is 2.21. The van der Waals surface area contributed by atoms with Crippen LogP contribution in [-0.4, -0.2) is 18.6 Å². The molecule has 1 aliphatic rings. The van der Waals surface area contributed by atoms with Crippen molar-refractivity contribution in [3.63, 3.8) is 0 Å². The molecule has 0 aromatic heterocycles. The molecule has 5 heteroatoms. The van der Waals surface area contributed by atoms with Crippen LogP contribution in [0.1, 0.15) is 24.5 Å². The van der Waals surface area contributed by atoms with E-state index in [1.165, 1.54) is 12.1 Å². The third-order valence-corrected chi connectivity index (χ3v) is 4.24. The topological polar surface area (TPSA) is 50.4 Å². The molecule has 3 rings (SSSR count). The molecule has 0 spiro atoms. The smallest absolute Gasteiger partial charge is 0.222 e. The van der Waals surface area contributed by atoms with Crippen molar-refractivity contribution in [2.45, 2.75) is 25.9 Å². The van der Waals surface area contributed by atoms with Gasteiger partial charge in [-0.05, 0) is 47.9 Å². The molecule has 1 heterocycles. The lowest BCUT2D eigenvalue weighted by molar-refractivity contribution is -0.121. The zero-order chi connectivity index (χ0) is 19.1. The van der Waals surface area contributed by atoms with Gasteiger partial charge in [0.25, 0.3) is 0 Å². The minimum Gasteiger partial charge on any atom is -0.494 e. The van der Waals surface area contributed by atoms with Gasteiger partial charge in [0, 0.05) is 12.7 Å². The number of hydrogen-bond acceptors (Lipinski definition) is 3. The average molecular weight is 366 g/mol. The summed E-state index contributed by atoms with van der Waals surface area (Å²) in [5.41, 5.74) is 2.87. The summed E-state index contributed by atoms with van der Waals surface area (Å²) in [6, 6.07) is 14.1. The van der Waals surface area contributed by atoms with E-state index in [1.807, 2.05) is 49.5 Å². The molecule has 0 saturated carbocycles. The van der Waals surface area contributed by atoms with Gasteiger partial charge in [-0.3, -0.25) is 4.79 Å². The molecule has 4 nitrogen and oxygen atoms in total. The van der Waals surface area contributed by atoms with Crippen LogP contribution < -0.4 is 15.4 Å².